The largest absolute Gasteiger partial charge is 0.495 e. The summed E-state index contributed by atoms with van der Waals surface area (Å²) in [6.45, 7) is 2.73. The third kappa shape index (κ3) is 3.64. The summed E-state index contributed by atoms with van der Waals surface area (Å²) in [5.41, 5.74) is 1.30. The predicted molar refractivity (Wildman–Crippen MR) is 99.7 cm³/mol. The van der Waals surface area contributed by atoms with Gasteiger partial charge in [-0.05, 0) is 31.2 Å². The van der Waals surface area contributed by atoms with E-state index in [1.807, 2.05) is 43.3 Å². The molecule has 0 radical (unpaired) electrons. The number of rotatable bonds is 6. The maximum absolute atomic E-state index is 12.6. The van der Waals surface area contributed by atoms with Gasteiger partial charge in [0.25, 0.3) is 0 Å². The molecular formula is C20H22N2O4. The van der Waals surface area contributed by atoms with Crippen LogP contribution in [-0.2, 0) is 9.59 Å². The number of ether oxygens (including phenoxy) is 2. The summed E-state index contributed by atoms with van der Waals surface area (Å²) in [6, 6.07) is 14.6. The number of hydrogen-bond acceptors (Lipinski definition) is 4. The average Bonchev–Trinajstić information content (AvgIpc) is 3.04. The van der Waals surface area contributed by atoms with Gasteiger partial charge in [-0.3, -0.25) is 9.59 Å². The normalized spacial score (nSPS) is 16.5. The first-order valence-electron chi connectivity index (χ1n) is 8.60. The van der Waals surface area contributed by atoms with Crippen LogP contribution in [0.4, 0.5) is 11.4 Å². The number of para-hydroxylation sites is 4. The highest BCUT2D eigenvalue weighted by atomic mass is 16.5. The van der Waals surface area contributed by atoms with E-state index >= 15 is 0 Å². The van der Waals surface area contributed by atoms with Crippen LogP contribution in [-0.4, -0.2) is 32.1 Å². The number of benzene rings is 2. The first-order valence-corrected chi connectivity index (χ1v) is 8.60. The van der Waals surface area contributed by atoms with Crippen LogP contribution < -0.4 is 19.7 Å². The lowest BCUT2D eigenvalue weighted by Gasteiger charge is -2.20. The van der Waals surface area contributed by atoms with Gasteiger partial charge in [-0.25, -0.2) is 0 Å². The third-order valence-electron chi connectivity index (χ3n) is 4.32. The molecule has 6 heteroatoms. The van der Waals surface area contributed by atoms with E-state index in [0.29, 0.717) is 36.0 Å². The van der Waals surface area contributed by atoms with Crippen molar-refractivity contribution in [2.45, 2.75) is 13.3 Å². The lowest BCUT2D eigenvalue weighted by atomic mass is 10.1. The highest BCUT2D eigenvalue weighted by molar-refractivity contribution is 6.04. The number of anilines is 2. The zero-order valence-corrected chi connectivity index (χ0v) is 14.9. The zero-order valence-electron chi connectivity index (χ0n) is 14.9. The average molecular weight is 354 g/mol. The maximum atomic E-state index is 12.6. The number of carbonyl (C=O) groups is 2. The Morgan fingerprint density at radius 3 is 2.58 bits per heavy atom. The fraction of sp³-hybridized carbons (Fsp3) is 0.300. The second kappa shape index (κ2) is 7.91. The first-order chi connectivity index (χ1) is 12.6. The van der Waals surface area contributed by atoms with Crippen LogP contribution in [0.2, 0.25) is 0 Å². The molecular weight excluding hydrogens is 332 g/mol. The van der Waals surface area contributed by atoms with Crippen LogP contribution in [0.1, 0.15) is 13.3 Å². The monoisotopic (exact) mass is 354 g/mol. The van der Waals surface area contributed by atoms with Gasteiger partial charge in [-0.1, -0.05) is 24.3 Å². The number of nitrogens with zero attached hydrogens (tertiary/aromatic N) is 1. The Labute approximate surface area is 152 Å². The number of amides is 2. The van der Waals surface area contributed by atoms with Gasteiger partial charge in [0.15, 0.2) is 0 Å². The summed E-state index contributed by atoms with van der Waals surface area (Å²) in [7, 11) is 1.55. The van der Waals surface area contributed by atoms with E-state index in [1.54, 1.807) is 24.1 Å². The second-order valence-corrected chi connectivity index (χ2v) is 6.00. The molecule has 6 nitrogen and oxygen atoms in total. The van der Waals surface area contributed by atoms with Crippen molar-refractivity contribution in [1.82, 2.24) is 0 Å². The number of carbonyl (C=O) groups excluding carboxylic acids is 2. The van der Waals surface area contributed by atoms with Crippen molar-refractivity contribution in [3.05, 3.63) is 48.5 Å². The minimum Gasteiger partial charge on any atom is -0.495 e. The third-order valence-corrected chi connectivity index (χ3v) is 4.32. The Kier molecular flexibility index (Phi) is 5.41. The van der Waals surface area contributed by atoms with Crippen LogP contribution >= 0.6 is 0 Å². The summed E-state index contributed by atoms with van der Waals surface area (Å²) in [5, 5.41) is 2.86. The van der Waals surface area contributed by atoms with Gasteiger partial charge in [-0.15, -0.1) is 0 Å². The van der Waals surface area contributed by atoms with Crippen molar-refractivity contribution < 1.29 is 19.1 Å². The molecule has 1 saturated heterocycles. The Balaban J connectivity index is 1.74. The highest BCUT2D eigenvalue weighted by Crippen LogP contribution is 2.33. The molecule has 0 spiro atoms. The first kappa shape index (κ1) is 17.8. The van der Waals surface area contributed by atoms with Crippen molar-refractivity contribution in [3.8, 4) is 11.5 Å². The van der Waals surface area contributed by atoms with Crippen LogP contribution in [0.15, 0.2) is 48.5 Å². The number of nitrogens with one attached hydrogen (secondary N) is 1. The SMILES string of the molecule is CCOc1ccccc1N1C[C@@H](C(=O)Nc2ccccc2OC)CC1=O. The van der Waals surface area contributed by atoms with Crippen molar-refractivity contribution in [2.24, 2.45) is 5.92 Å². The van der Waals surface area contributed by atoms with Crippen LogP contribution in [0, 0.1) is 5.92 Å². The van der Waals surface area contributed by atoms with Crippen LogP contribution in [0.5, 0.6) is 11.5 Å². The topological polar surface area (TPSA) is 67.9 Å². The van der Waals surface area contributed by atoms with Gasteiger partial charge in [0.1, 0.15) is 11.5 Å². The standard InChI is InChI=1S/C20H22N2O4/c1-3-26-18-11-7-5-9-16(18)22-13-14(12-19(22)23)20(24)21-15-8-4-6-10-17(15)25-2/h4-11,14H,3,12-13H2,1-2H3,(H,21,24)/t14-/m0/s1. The van der Waals surface area contributed by atoms with Crippen molar-refractivity contribution in [3.63, 3.8) is 0 Å². The fourth-order valence-electron chi connectivity index (χ4n) is 3.06. The summed E-state index contributed by atoms with van der Waals surface area (Å²) < 4.78 is 10.9. The Bertz CT molecular complexity index is 806. The Morgan fingerprint density at radius 2 is 1.85 bits per heavy atom. The molecule has 3 rings (SSSR count). The lowest BCUT2D eigenvalue weighted by molar-refractivity contribution is -0.122. The number of hydrogen-bond donors (Lipinski definition) is 1. The molecule has 1 heterocycles. The molecule has 1 aliphatic heterocycles. The van der Waals surface area contributed by atoms with E-state index in [-0.39, 0.29) is 18.2 Å². The zero-order chi connectivity index (χ0) is 18.5. The molecule has 0 aromatic heterocycles. The van der Waals surface area contributed by atoms with Gasteiger partial charge < -0.3 is 19.7 Å². The van der Waals surface area contributed by atoms with E-state index in [4.69, 9.17) is 9.47 Å². The van der Waals surface area contributed by atoms with E-state index < -0.39 is 5.92 Å². The van der Waals surface area contributed by atoms with Gasteiger partial charge in [-0.2, -0.15) is 0 Å². The van der Waals surface area contributed by atoms with Crippen molar-refractivity contribution >= 4 is 23.2 Å². The minimum absolute atomic E-state index is 0.0858. The number of methoxy groups -OCH3 is 1. The fourth-order valence-corrected chi connectivity index (χ4v) is 3.06. The van der Waals surface area contributed by atoms with Crippen LogP contribution in [0.3, 0.4) is 0 Å². The van der Waals surface area contributed by atoms with Crippen molar-refractivity contribution in [2.75, 3.05) is 30.5 Å². The molecule has 1 fully saturated rings. The quantitative estimate of drug-likeness (QED) is 0.866. The van der Waals surface area contributed by atoms with Gasteiger partial charge in [0, 0.05) is 13.0 Å². The van der Waals surface area contributed by atoms with E-state index in [2.05, 4.69) is 5.32 Å². The van der Waals surface area contributed by atoms with E-state index in [0.717, 1.165) is 0 Å². The van der Waals surface area contributed by atoms with Gasteiger partial charge >= 0.3 is 0 Å². The molecule has 0 unspecified atom stereocenters. The Hall–Kier alpha value is -3.02. The van der Waals surface area contributed by atoms with Crippen molar-refractivity contribution in [1.29, 1.82) is 0 Å². The molecule has 136 valence electrons. The maximum Gasteiger partial charge on any atom is 0.229 e. The van der Waals surface area contributed by atoms with E-state index in [9.17, 15) is 9.59 Å². The molecule has 0 bridgehead atoms. The van der Waals surface area contributed by atoms with Gasteiger partial charge in [0.2, 0.25) is 11.8 Å². The highest BCUT2D eigenvalue weighted by Gasteiger charge is 2.36. The molecule has 1 aliphatic rings. The molecule has 2 amide bonds. The molecule has 1 N–H and O–H groups in total. The molecule has 1 atom stereocenters. The predicted octanol–water partition coefficient (Wildman–Crippen LogP) is 3.09. The molecule has 0 saturated carbocycles. The lowest BCUT2D eigenvalue weighted by Crippen LogP contribution is -2.28. The molecule has 0 aliphatic carbocycles. The minimum atomic E-state index is -0.429. The molecule has 26 heavy (non-hydrogen) atoms. The summed E-state index contributed by atoms with van der Waals surface area (Å²) in [5.74, 6) is 0.525. The Morgan fingerprint density at radius 1 is 1.15 bits per heavy atom. The van der Waals surface area contributed by atoms with Crippen LogP contribution in [0.25, 0.3) is 0 Å². The second-order valence-electron chi connectivity index (χ2n) is 6.00. The summed E-state index contributed by atoms with van der Waals surface area (Å²) in [6.07, 6.45) is 0.168. The summed E-state index contributed by atoms with van der Waals surface area (Å²) >= 11 is 0. The molecule has 2 aromatic carbocycles. The van der Waals surface area contributed by atoms with E-state index in [1.165, 1.54) is 0 Å². The smallest absolute Gasteiger partial charge is 0.229 e. The van der Waals surface area contributed by atoms with Gasteiger partial charge in [0.05, 0.1) is 31.0 Å². The molecule has 2 aromatic rings. The summed E-state index contributed by atoms with van der Waals surface area (Å²) in [4.78, 5) is 26.7.